The minimum atomic E-state index is -1.84. The third kappa shape index (κ3) is 2.76. The Labute approximate surface area is 99.2 Å². The lowest BCUT2D eigenvalue weighted by Crippen LogP contribution is -2.49. The number of hydrogen-bond donors (Lipinski definition) is 0. The van der Waals surface area contributed by atoms with Crippen molar-refractivity contribution in [1.29, 1.82) is 0 Å². The summed E-state index contributed by atoms with van der Waals surface area (Å²) in [5, 5.41) is 0. The molecule has 0 atom stereocenters. The van der Waals surface area contributed by atoms with Gasteiger partial charge in [-0.25, -0.2) is 8.57 Å². The molecule has 0 amide bonds. The van der Waals surface area contributed by atoms with Crippen molar-refractivity contribution < 1.29 is 4.21 Å². The highest BCUT2D eigenvalue weighted by Crippen LogP contribution is 2.18. The zero-order valence-electron chi connectivity index (χ0n) is 10.4. The van der Waals surface area contributed by atoms with Crippen LogP contribution in [0.25, 0.3) is 0 Å². The Bertz CT molecular complexity index is 327. The monoisotopic (exact) mass is 245 g/mol. The first-order valence-electron chi connectivity index (χ1n) is 6.16. The molecule has 2 fully saturated rings. The molecular formula is C11H23N3OS. The number of rotatable bonds is 1. The van der Waals surface area contributed by atoms with Gasteiger partial charge in [0, 0.05) is 47.4 Å². The van der Waals surface area contributed by atoms with Gasteiger partial charge in [-0.05, 0) is 33.0 Å². The Hall–Kier alpha value is -0.130. The normalized spacial score (nSPS) is 29.1. The van der Waals surface area contributed by atoms with Gasteiger partial charge in [-0.3, -0.25) is 4.90 Å². The molecule has 0 saturated carbocycles. The van der Waals surface area contributed by atoms with Crippen LogP contribution in [-0.4, -0.2) is 71.8 Å². The summed E-state index contributed by atoms with van der Waals surface area (Å²) in [5.74, 6) is 1.55. The van der Waals surface area contributed by atoms with Gasteiger partial charge in [-0.1, -0.05) is 0 Å². The molecule has 0 aromatic heterocycles. The van der Waals surface area contributed by atoms with Crippen LogP contribution in [0.4, 0.5) is 0 Å². The number of piperidine rings is 1. The Morgan fingerprint density at radius 3 is 2.19 bits per heavy atom. The van der Waals surface area contributed by atoms with E-state index in [0.29, 0.717) is 0 Å². The molecule has 0 spiro atoms. The first kappa shape index (κ1) is 12.3. The molecule has 2 aliphatic rings. The van der Waals surface area contributed by atoms with Crippen molar-refractivity contribution in [2.24, 2.45) is 4.36 Å². The summed E-state index contributed by atoms with van der Waals surface area (Å²) in [6.45, 7) is 4.36. The lowest BCUT2D eigenvalue weighted by atomic mass is 10.0. The Balaban J connectivity index is 1.88. The van der Waals surface area contributed by atoms with Crippen LogP contribution in [0, 0.1) is 0 Å². The molecule has 0 unspecified atom stereocenters. The average Bonchev–Trinajstić information content (AvgIpc) is 2.32. The summed E-state index contributed by atoms with van der Waals surface area (Å²) in [5.41, 5.74) is 0. The van der Waals surface area contributed by atoms with Crippen LogP contribution >= 0.6 is 0 Å². The van der Waals surface area contributed by atoms with Crippen LogP contribution in [0.5, 0.6) is 0 Å². The van der Waals surface area contributed by atoms with Gasteiger partial charge in [0.25, 0.3) is 0 Å². The SMILES string of the molecule is CN=S1(=O)CCN(C2CCN(C)CC2)CC1. The quantitative estimate of drug-likeness (QED) is 0.675. The first-order valence-corrected chi connectivity index (χ1v) is 8.01. The van der Waals surface area contributed by atoms with Crippen molar-refractivity contribution >= 4 is 9.73 Å². The standard InChI is InChI=1S/C11H23N3OS/c1-12-16(15)9-7-14(8-10-16)11-3-5-13(2)6-4-11/h11H,3-10H2,1-2H3. The van der Waals surface area contributed by atoms with Crippen molar-refractivity contribution in [2.75, 3.05) is 51.8 Å². The molecule has 0 N–H and O–H groups in total. The van der Waals surface area contributed by atoms with Crippen LogP contribution in [-0.2, 0) is 9.73 Å². The van der Waals surface area contributed by atoms with E-state index in [9.17, 15) is 4.21 Å². The lowest BCUT2D eigenvalue weighted by Gasteiger charge is -2.39. The van der Waals surface area contributed by atoms with Gasteiger partial charge in [-0.2, -0.15) is 0 Å². The van der Waals surface area contributed by atoms with E-state index in [1.165, 1.54) is 25.9 Å². The molecular weight excluding hydrogens is 222 g/mol. The maximum absolute atomic E-state index is 12.1. The van der Waals surface area contributed by atoms with E-state index in [0.717, 1.165) is 30.6 Å². The second-order valence-electron chi connectivity index (χ2n) is 4.93. The minimum Gasteiger partial charge on any atom is -0.306 e. The van der Waals surface area contributed by atoms with E-state index in [1.54, 1.807) is 7.05 Å². The highest BCUT2D eigenvalue weighted by Gasteiger charge is 2.27. The van der Waals surface area contributed by atoms with Crippen molar-refractivity contribution in [3.8, 4) is 0 Å². The summed E-state index contributed by atoms with van der Waals surface area (Å²) < 4.78 is 16.1. The van der Waals surface area contributed by atoms with E-state index in [2.05, 4.69) is 21.2 Å². The summed E-state index contributed by atoms with van der Waals surface area (Å²) >= 11 is 0. The molecule has 2 aliphatic heterocycles. The Morgan fingerprint density at radius 1 is 1.12 bits per heavy atom. The number of nitrogens with zero attached hydrogens (tertiary/aromatic N) is 3. The van der Waals surface area contributed by atoms with E-state index in [4.69, 9.17) is 0 Å². The fourth-order valence-corrected chi connectivity index (χ4v) is 4.25. The van der Waals surface area contributed by atoms with Gasteiger partial charge in [0.2, 0.25) is 0 Å². The molecule has 2 rings (SSSR count). The lowest BCUT2D eigenvalue weighted by molar-refractivity contribution is 0.129. The molecule has 0 radical (unpaired) electrons. The fraction of sp³-hybridized carbons (Fsp3) is 1.00. The predicted octanol–water partition coefficient (Wildman–Crippen LogP) is 0.494. The second kappa shape index (κ2) is 5.02. The molecule has 2 saturated heterocycles. The van der Waals surface area contributed by atoms with Gasteiger partial charge in [-0.15, -0.1) is 0 Å². The molecule has 2 heterocycles. The highest BCUT2D eigenvalue weighted by molar-refractivity contribution is 7.93. The van der Waals surface area contributed by atoms with Gasteiger partial charge in [0.05, 0.1) is 0 Å². The molecule has 0 aromatic carbocycles. The zero-order chi connectivity index (χ0) is 11.6. The molecule has 5 heteroatoms. The molecule has 0 aromatic rings. The van der Waals surface area contributed by atoms with Crippen LogP contribution in [0.1, 0.15) is 12.8 Å². The Kier molecular flexibility index (Phi) is 3.87. The predicted molar refractivity (Wildman–Crippen MR) is 68.3 cm³/mol. The summed E-state index contributed by atoms with van der Waals surface area (Å²) in [6, 6.07) is 0.719. The third-order valence-electron chi connectivity index (χ3n) is 3.93. The zero-order valence-corrected chi connectivity index (χ0v) is 11.2. The first-order chi connectivity index (χ1) is 7.63. The summed E-state index contributed by atoms with van der Waals surface area (Å²) in [4.78, 5) is 4.92. The Morgan fingerprint density at radius 2 is 1.69 bits per heavy atom. The fourth-order valence-electron chi connectivity index (χ4n) is 2.64. The molecule has 0 bridgehead atoms. The van der Waals surface area contributed by atoms with E-state index < -0.39 is 9.73 Å². The number of hydrogen-bond acceptors (Lipinski definition) is 4. The molecule has 4 nitrogen and oxygen atoms in total. The van der Waals surface area contributed by atoms with Gasteiger partial charge in [0.1, 0.15) is 0 Å². The van der Waals surface area contributed by atoms with Gasteiger partial charge >= 0.3 is 0 Å². The van der Waals surface area contributed by atoms with Crippen molar-refractivity contribution in [2.45, 2.75) is 18.9 Å². The van der Waals surface area contributed by atoms with Crippen molar-refractivity contribution in [1.82, 2.24) is 9.80 Å². The molecule has 0 aliphatic carbocycles. The van der Waals surface area contributed by atoms with Crippen LogP contribution in [0.3, 0.4) is 0 Å². The van der Waals surface area contributed by atoms with Crippen molar-refractivity contribution in [3.63, 3.8) is 0 Å². The van der Waals surface area contributed by atoms with Gasteiger partial charge < -0.3 is 4.90 Å². The average molecular weight is 245 g/mol. The third-order valence-corrected chi connectivity index (χ3v) is 6.24. The second-order valence-corrected chi connectivity index (χ2v) is 7.66. The highest BCUT2D eigenvalue weighted by atomic mass is 32.2. The largest absolute Gasteiger partial charge is 0.306 e. The van der Waals surface area contributed by atoms with E-state index in [1.807, 2.05) is 0 Å². The van der Waals surface area contributed by atoms with Crippen LogP contribution < -0.4 is 0 Å². The van der Waals surface area contributed by atoms with E-state index in [-0.39, 0.29) is 0 Å². The minimum absolute atomic E-state index is 0.719. The van der Waals surface area contributed by atoms with E-state index >= 15 is 0 Å². The molecule has 94 valence electrons. The summed E-state index contributed by atoms with van der Waals surface area (Å²) in [7, 11) is 2.05. The smallest absolute Gasteiger partial charge is 0.0490 e. The maximum Gasteiger partial charge on any atom is 0.0490 e. The van der Waals surface area contributed by atoms with Crippen LogP contribution in [0.15, 0.2) is 4.36 Å². The topological polar surface area (TPSA) is 35.9 Å². The van der Waals surface area contributed by atoms with Crippen LogP contribution in [0.2, 0.25) is 0 Å². The van der Waals surface area contributed by atoms with Crippen molar-refractivity contribution in [3.05, 3.63) is 0 Å². The van der Waals surface area contributed by atoms with Gasteiger partial charge in [0.15, 0.2) is 0 Å². The number of likely N-dealkylation sites (tertiary alicyclic amines) is 1. The maximum atomic E-state index is 12.1. The summed E-state index contributed by atoms with van der Waals surface area (Å²) in [6.07, 6.45) is 2.53. The molecule has 16 heavy (non-hydrogen) atoms.